The number of allylic oxidation sites excluding steroid dienone is 1. The fraction of sp³-hybridized carbons (Fsp3) is 0.600. The molecule has 0 N–H and O–H groups in total. The fourth-order valence-corrected chi connectivity index (χ4v) is 4.72. The van der Waals surface area contributed by atoms with Gasteiger partial charge in [-0.3, -0.25) is 9.69 Å². The summed E-state index contributed by atoms with van der Waals surface area (Å²) < 4.78 is 44.3. The zero-order valence-electron chi connectivity index (χ0n) is 19.1. The number of carbonyl (C=O) groups excluding carboxylic acids is 1. The summed E-state index contributed by atoms with van der Waals surface area (Å²) in [5.41, 5.74) is -0.264. The van der Waals surface area contributed by atoms with E-state index in [0.29, 0.717) is 30.6 Å². The number of hydrogen-bond acceptors (Lipinski definition) is 5. The average Bonchev–Trinajstić information content (AvgIpc) is 2.81. The Hall–Kier alpha value is -2.37. The van der Waals surface area contributed by atoms with Crippen LogP contribution in [-0.4, -0.2) is 57.1 Å². The molecule has 0 unspecified atom stereocenters. The van der Waals surface area contributed by atoms with Crippen molar-refractivity contribution >= 4 is 11.5 Å². The normalized spacial score (nSPS) is 22.5. The number of piperazine rings is 1. The molecule has 180 valence electrons. The maximum atomic E-state index is 13.2. The second kappa shape index (κ2) is 11.7. The summed E-state index contributed by atoms with van der Waals surface area (Å²) in [7, 11) is 1.52. The van der Waals surface area contributed by atoms with Crippen LogP contribution in [0.1, 0.15) is 43.2 Å². The number of ketones is 1. The minimum absolute atomic E-state index is 0.00717. The third-order valence-corrected chi connectivity index (χ3v) is 6.70. The number of nitrogens with zero attached hydrogens (tertiary/aromatic N) is 3. The minimum atomic E-state index is -4.46. The number of rotatable bonds is 8. The van der Waals surface area contributed by atoms with Crippen LogP contribution in [-0.2, 0) is 15.7 Å². The molecular formula is C25H32F3N3O2. The number of alkyl halides is 3. The van der Waals surface area contributed by atoms with Gasteiger partial charge < -0.3 is 9.64 Å². The molecule has 2 aliphatic rings. The van der Waals surface area contributed by atoms with Crippen LogP contribution in [0.4, 0.5) is 18.9 Å². The zero-order chi connectivity index (χ0) is 23.8. The predicted molar refractivity (Wildman–Crippen MR) is 121 cm³/mol. The van der Waals surface area contributed by atoms with Gasteiger partial charge in [-0.1, -0.05) is 6.08 Å². The van der Waals surface area contributed by atoms with E-state index < -0.39 is 11.7 Å². The number of ether oxygens (including phenoxy) is 1. The first kappa shape index (κ1) is 25.3. The highest BCUT2D eigenvalue weighted by Crippen LogP contribution is 2.34. The number of benzene rings is 1. The van der Waals surface area contributed by atoms with Crippen molar-refractivity contribution in [2.45, 2.75) is 38.3 Å². The van der Waals surface area contributed by atoms with Crippen molar-refractivity contribution in [1.82, 2.24) is 4.90 Å². The molecule has 8 heteroatoms. The largest absolute Gasteiger partial charge is 0.416 e. The lowest BCUT2D eigenvalue weighted by atomic mass is 9.80. The van der Waals surface area contributed by atoms with Crippen LogP contribution in [0.3, 0.4) is 0 Å². The number of anilines is 1. The first-order valence-electron chi connectivity index (χ1n) is 11.6. The highest BCUT2D eigenvalue weighted by molar-refractivity contribution is 5.90. The van der Waals surface area contributed by atoms with Crippen LogP contribution in [0.2, 0.25) is 0 Å². The summed E-state index contributed by atoms with van der Waals surface area (Å²) in [6.45, 7) is 4.04. The summed E-state index contributed by atoms with van der Waals surface area (Å²) in [5, 5.41) is 9.11. The van der Waals surface area contributed by atoms with Gasteiger partial charge in [0, 0.05) is 39.0 Å². The minimum Gasteiger partial charge on any atom is -0.377 e. The first-order chi connectivity index (χ1) is 15.8. The highest BCUT2D eigenvalue weighted by atomic mass is 19.4. The molecule has 1 saturated carbocycles. The monoisotopic (exact) mass is 463 g/mol. The Labute approximate surface area is 193 Å². The average molecular weight is 464 g/mol. The molecule has 0 amide bonds. The van der Waals surface area contributed by atoms with Gasteiger partial charge in [0.25, 0.3) is 0 Å². The van der Waals surface area contributed by atoms with Crippen molar-refractivity contribution in [1.29, 1.82) is 5.26 Å². The van der Waals surface area contributed by atoms with Gasteiger partial charge in [0.15, 0.2) is 5.78 Å². The second-order valence-corrected chi connectivity index (χ2v) is 9.03. The van der Waals surface area contributed by atoms with Gasteiger partial charge in [0.1, 0.15) is 6.61 Å². The summed E-state index contributed by atoms with van der Waals surface area (Å²) in [4.78, 5) is 15.9. The molecule has 0 aromatic heterocycles. The number of carbonyl (C=O) groups is 1. The standard InChI is InChI=1S/C25H32F3N3O2/c1-33-18-24(32)7-6-19-2-4-20(5-3-19)8-9-30-10-12-31(13-11-30)23-15-21(17-29)14-22(16-23)25(26,27)28/h6-7,14-16,19-20H,2-5,8-13,18H2,1H3/b7-6+. The summed E-state index contributed by atoms with van der Waals surface area (Å²) in [6, 6.07) is 5.43. The Morgan fingerprint density at radius 3 is 2.45 bits per heavy atom. The van der Waals surface area contributed by atoms with Crippen molar-refractivity contribution in [3.8, 4) is 6.07 Å². The third kappa shape index (κ3) is 7.58. The van der Waals surface area contributed by atoms with Crippen molar-refractivity contribution in [2.75, 3.05) is 51.3 Å². The van der Waals surface area contributed by atoms with E-state index in [4.69, 9.17) is 10.00 Å². The molecule has 5 nitrogen and oxygen atoms in total. The summed E-state index contributed by atoms with van der Waals surface area (Å²) >= 11 is 0. The van der Waals surface area contributed by atoms with Crippen LogP contribution in [0, 0.1) is 23.2 Å². The molecule has 0 spiro atoms. The molecule has 1 saturated heterocycles. The van der Waals surface area contributed by atoms with Crippen molar-refractivity contribution < 1.29 is 22.7 Å². The van der Waals surface area contributed by atoms with E-state index in [-0.39, 0.29) is 18.0 Å². The van der Waals surface area contributed by atoms with E-state index in [1.165, 1.54) is 7.11 Å². The molecule has 1 aromatic rings. The van der Waals surface area contributed by atoms with E-state index in [1.807, 2.05) is 17.0 Å². The van der Waals surface area contributed by atoms with Gasteiger partial charge in [-0.15, -0.1) is 0 Å². The fourth-order valence-electron chi connectivity index (χ4n) is 4.72. The zero-order valence-corrected chi connectivity index (χ0v) is 19.1. The highest BCUT2D eigenvalue weighted by Gasteiger charge is 2.32. The SMILES string of the molecule is COCC(=O)/C=C/C1CCC(CCN2CCN(c3cc(C#N)cc(C(F)(F)F)c3)CC2)CC1. The lowest BCUT2D eigenvalue weighted by molar-refractivity contribution is -0.137. The Morgan fingerprint density at radius 2 is 1.85 bits per heavy atom. The summed E-state index contributed by atoms with van der Waals surface area (Å²) in [6.07, 6.45) is 4.88. The Balaban J connectivity index is 1.42. The maximum absolute atomic E-state index is 13.2. The third-order valence-electron chi connectivity index (χ3n) is 6.70. The molecule has 0 radical (unpaired) electrons. The van der Waals surface area contributed by atoms with Crippen molar-refractivity contribution in [2.24, 2.45) is 11.8 Å². The molecule has 1 aromatic carbocycles. The number of methoxy groups -OCH3 is 1. The number of hydrogen-bond donors (Lipinski definition) is 0. The molecule has 1 heterocycles. The first-order valence-corrected chi connectivity index (χ1v) is 11.6. The topological polar surface area (TPSA) is 56.6 Å². The van der Waals surface area contributed by atoms with Crippen LogP contribution in [0.25, 0.3) is 0 Å². The molecule has 0 bridgehead atoms. The maximum Gasteiger partial charge on any atom is 0.416 e. The van der Waals surface area contributed by atoms with Gasteiger partial charge in [-0.05, 0) is 74.8 Å². The van der Waals surface area contributed by atoms with Crippen LogP contribution < -0.4 is 4.90 Å². The smallest absolute Gasteiger partial charge is 0.377 e. The molecule has 1 aliphatic carbocycles. The molecule has 33 heavy (non-hydrogen) atoms. The van der Waals surface area contributed by atoms with Crippen molar-refractivity contribution in [3.05, 3.63) is 41.5 Å². The lowest BCUT2D eigenvalue weighted by Crippen LogP contribution is -2.47. The summed E-state index contributed by atoms with van der Waals surface area (Å²) in [5.74, 6) is 1.16. The van der Waals surface area contributed by atoms with E-state index in [2.05, 4.69) is 4.90 Å². The van der Waals surface area contributed by atoms with Crippen LogP contribution in [0.15, 0.2) is 30.4 Å². The molecule has 3 rings (SSSR count). The van der Waals surface area contributed by atoms with Gasteiger partial charge in [-0.2, -0.15) is 18.4 Å². The lowest BCUT2D eigenvalue weighted by Gasteiger charge is -2.37. The van der Waals surface area contributed by atoms with Crippen molar-refractivity contribution in [3.63, 3.8) is 0 Å². The second-order valence-electron chi connectivity index (χ2n) is 9.03. The molecule has 2 fully saturated rings. The molecule has 1 aliphatic heterocycles. The van der Waals surface area contributed by atoms with E-state index in [1.54, 1.807) is 12.1 Å². The Kier molecular flexibility index (Phi) is 8.93. The number of halogens is 3. The Morgan fingerprint density at radius 1 is 1.15 bits per heavy atom. The van der Waals surface area contributed by atoms with Gasteiger partial charge in [0.05, 0.1) is 17.2 Å². The van der Waals surface area contributed by atoms with Crippen LogP contribution >= 0.6 is 0 Å². The Bertz CT molecular complexity index is 863. The van der Waals surface area contributed by atoms with E-state index >= 15 is 0 Å². The predicted octanol–water partition coefficient (Wildman–Crippen LogP) is 4.67. The molecule has 0 atom stereocenters. The van der Waals surface area contributed by atoms with Gasteiger partial charge in [-0.25, -0.2) is 0 Å². The number of nitriles is 1. The van der Waals surface area contributed by atoms with E-state index in [0.717, 1.165) is 63.9 Å². The van der Waals surface area contributed by atoms with E-state index in [9.17, 15) is 18.0 Å². The van der Waals surface area contributed by atoms with Gasteiger partial charge >= 0.3 is 6.18 Å². The molecular weight excluding hydrogens is 431 g/mol. The van der Waals surface area contributed by atoms with Gasteiger partial charge in [0.2, 0.25) is 0 Å². The quantitative estimate of drug-likeness (QED) is 0.525. The van der Waals surface area contributed by atoms with Crippen LogP contribution in [0.5, 0.6) is 0 Å².